The molecule has 3 aliphatic rings. The Morgan fingerprint density at radius 3 is 1.80 bits per heavy atom. The fraction of sp³-hybridized carbons (Fsp3) is 1.00. The molecule has 3 fully saturated rings. The van der Waals surface area contributed by atoms with Crippen molar-refractivity contribution in [3.05, 3.63) is 0 Å². The molecule has 0 aromatic carbocycles. The molecule has 0 nitrogen and oxygen atoms in total. The van der Waals surface area contributed by atoms with Gasteiger partial charge in [0.05, 0.1) is 0 Å². The summed E-state index contributed by atoms with van der Waals surface area (Å²) in [6.45, 7) is 20.0. The van der Waals surface area contributed by atoms with E-state index in [1.54, 1.807) is 0 Å². The predicted octanol–water partition coefficient (Wildman–Crippen LogP) is 7.53. The number of rotatable bonds is 8. The molecule has 11 atom stereocenters. The fourth-order valence-corrected chi connectivity index (χ4v) is 7.63. The van der Waals surface area contributed by atoms with Crippen LogP contribution in [0.4, 0.5) is 0 Å². The first-order valence-corrected chi connectivity index (χ1v) is 11.8. The van der Waals surface area contributed by atoms with E-state index in [1.807, 2.05) is 0 Å². The minimum absolute atomic E-state index is 0.896. The van der Waals surface area contributed by atoms with Crippen molar-refractivity contribution in [2.75, 3.05) is 0 Å². The average Bonchev–Trinajstić information content (AvgIpc) is 3.16. The van der Waals surface area contributed by atoms with Crippen LogP contribution in [0, 0.1) is 71.0 Å². The molecule has 0 saturated heterocycles. The summed E-state index contributed by atoms with van der Waals surface area (Å²) in [6, 6.07) is 0. The third-order valence-electron chi connectivity index (χ3n) is 9.49. The average molecular weight is 347 g/mol. The monoisotopic (exact) mass is 346 g/mol. The normalized spacial score (nSPS) is 48.6. The Bertz CT molecular complexity index is 437. The minimum atomic E-state index is 0.896. The molecule has 0 N–H and O–H groups in total. The van der Waals surface area contributed by atoms with Gasteiger partial charge in [0.1, 0.15) is 0 Å². The highest BCUT2D eigenvalue weighted by molar-refractivity contribution is 5.01. The molecule has 0 amide bonds. The van der Waals surface area contributed by atoms with Crippen LogP contribution in [-0.4, -0.2) is 0 Å². The van der Waals surface area contributed by atoms with E-state index >= 15 is 0 Å². The zero-order chi connectivity index (χ0) is 18.5. The number of hydrogen-bond acceptors (Lipinski definition) is 0. The molecule has 0 spiro atoms. The quantitative estimate of drug-likeness (QED) is 0.426. The fourth-order valence-electron chi connectivity index (χ4n) is 7.63. The molecule has 3 rings (SSSR count). The third kappa shape index (κ3) is 3.70. The molecule has 0 aromatic heterocycles. The first-order chi connectivity index (χ1) is 11.8. The summed E-state index contributed by atoms with van der Waals surface area (Å²) in [5.41, 5.74) is 0. The van der Waals surface area contributed by atoms with Gasteiger partial charge >= 0.3 is 0 Å². The van der Waals surface area contributed by atoms with Gasteiger partial charge in [-0.2, -0.15) is 0 Å². The summed E-state index contributed by atoms with van der Waals surface area (Å²) >= 11 is 0. The van der Waals surface area contributed by atoms with E-state index in [9.17, 15) is 0 Å². The lowest BCUT2D eigenvalue weighted by molar-refractivity contribution is 0.0226. The molecule has 0 heterocycles. The summed E-state index contributed by atoms with van der Waals surface area (Å²) in [6.07, 6.45) is 7.46. The summed E-state index contributed by atoms with van der Waals surface area (Å²) in [4.78, 5) is 0. The van der Waals surface area contributed by atoms with Gasteiger partial charge in [0, 0.05) is 0 Å². The van der Waals surface area contributed by atoms with Crippen molar-refractivity contribution in [3.63, 3.8) is 0 Å². The Kier molecular flexibility index (Phi) is 5.97. The number of hydrogen-bond donors (Lipinski definition) is 0. The van der Waals surface area contributed by atoms with Crippen LogP contribution in [0.25, 0.3) is 0 Å². The molecule has 0 heteroatoms. The van der Waals surface area contributed by atoms with Crippen LogP contribution in [0.3, 0.4) is 0 Å². The van der Waals surface area contributed by atoms with Crippen molar-refractivity contribution in [2.24, 2.45) is 71.0 Å². The molecule has 0 radical (unpaired) electrons. The van der Waals surface area contributed by atoms with E-state index in [-0.39, 0.29) is 0 Å². The molecular formula is C25H46. The van der Waals surface area contributed by atoms with Crippen molar-refractivity contribution in [1.29, 1.82) is 0 Å². The van der Waals surface area contributed by atoms with Crippen molar-refractivity contribution in [3.8, 4) is 0 Å². The first-order valence-electron chi connectivity index (χ1n) is 11.8. The molecule has 11 unspecified atom stereocenters. The van der Waals surface area contributed by atoms with Gasteiger partial charge in [-0.1, -0.05) is 61.8 Å². The molecule has 3 aliphatic carbocycles. The first kappa shape index (κ1) is 19.8. The zero-order valence-corrected chi connectivity index (χ0v) is 18.5. The lowest BCUT2D eigenvalue weighted by atomic mass is 9.58. The molecule has 3 saturated carbocycles. The van der Waals surface area contributed by atoms with Crippen molar-refractivity contribution < 1.29 is 0 Å². The van der Waals surface area contributed by atoms with E-state index in [0.717, 1.165) is 71.0 Å². The van der Waals surface area contributed by atoms with Gasteiger partial charge in [0.2, 0.25) is 0 Å². The highest BCUT2D eigenvalue weighted by Crippen LogP contribution is 2.59. The topological polar surface area (TPSA) is 0 Å². The van der Waals surface area contributed by atoms with Crippen LogP contribution >= 0.6 is 0 Å². The summed E-state index contributed by atoms with van der Waals surface area (Å²) in [7, 11) is 0. The predicted molar refractivity (Wildman–Crippen MR) is 110 cm³/mol. The second-order valence-electron chi connectivity index (χ2n) is 11.3. The Hall–Kier alpha value is 0. The van der Waals surface area contributed by atoms with E-state index in [0.29, 0.717) is 0 Å². The lowest BCUT2D eigenvalue weighted by Crippen LogP contribution is -2.39. The van der Waals surface area contributed by atoms with E-state index in [2.05, 4.69) is 55.4 Å². The molecule has 146 valence electrons. The largest absolute Gasteiger partial charge is 0.0651 e. The van der Waals surface area contributed by atoms with Gasteiger partial charge in [0.25, 0.3) is 0 Å². The van der Waals surface area contributed by atoms with E-state index < -0.39 is 0 Å². The second kappa shape index (κ2) is 7.55. The van der Waals surface area contributed by atoms with E-state index in [4.69, 9.17) is 0 Å². The van der Waals surface area contributed by atoms with E-state index in [1.165, 1.54) is 32.1 Å². The lowest BCUT2D eigenvalue weighted by Gasteiger charge is -2.47. The Morgan fingerprint density at radius 1 is 0.720 bits per heavy atom. The van der Waals surface area contributed by atoms with Crippen LogP contribution in [0.1, 0.15) is 87.5 Å². The van der Waals surface area contributed by atoms with Crippen molar-refractivity contribution in [1.82, 2.24) is 0 Å². The highest BCUT2D eigenvalue weighted by Gasteiger charge is 2.52. The Balaban J connectivity index is 1.48. The van der Waals surface area contributed by atoms with Crippen LogP contribution in [-0.2, 0) is 0 Å². The van der Waals surface area contributed by atoms with Gasteiger partial charge in [-0.25, -0.2) is 0 Å². The summed E-state index contributed by atoms with van der Waals surface area (Å²) in [5.74, 6) is 12.0. The molecular weight excluding hydrogens is 300 g/mol. The maximum Gasteiger partial charge on any atom is -0.0329 e. The van der Waals surface area contributed by atoms with Crippen molar-refractivity contribution >= 4 is 0 Å². The summed E-state index contributed by atoms with van der Waals surface area (Å²) < 4.78 is 0. The van der Waals surface area contributed by atoms with Crippen LogP contribution in [0.5, 0.6) is 0 Å². The third-order valence-corrected chi connectivity index (χ3v) is 9.49. The highest BCUT2D eigenvalue weighted by atomic mass is 14.6. The Labute approximate surface area is 158 Å². The standard InChI is InChI=1S/C25H46/c1-9-20-15(4)11-22(20)17(6)12-24-19(8)25(24)18(7)13-23-16(5)10-21(23)14(2)3/h14-25H,9-13H2,1-8H3. The van der Waals surface area contributed by atoms with Gasteiger partial charge in [-0.3, -0.25) is 0 Å². The maximum atomic E-state index is 2.59. The van der Waals surface area contributed by atoms with Crippen LogP contribution < -0.4 is 0 Å². The van der Waals surface area contributed by atoms with Crippen molar-refractivity contribution in [2.45, 2.75) is 87.5 Å². The van der Waals surface area contributed by atoms with Gasteiger partial charge in [0.15, 0.2) is 0 Å². The van der Waals surface area contributed by atoms with Gasteiger partial charge in [-0.05, 0) is 96.7 Å². The minimum Gasteiger partial charge on any atom is -0.0651 e. The maximum absolute atomic E-state index is 2.59. The molecule has 0 aromatic rings. The van der Waals surface area contributed by atoms with Crippen LogP contribution in [0.15, 0.2) is 0 Å². The molecule has 25 heavy (non-hydrogen) atoms. The molecule has 0 aliphatic heterocycles. The SMILES string of the molecule is CCC1C(C)CC1C(C)CC1C(C)C1C(C)CC1C(C)CC1C(C)C. The molecule has 0 bridgehead atoms. The van der Waals surface area contributed by atoms with Gasteiger partial charge < -0.3 is 0 Å². The Morgan fingerprint density at radius 2 is 1.28 bits per heavy atom. The van der Waals surface area contributed by atoms with Gasteiger partial charge in [-0.15, -0.1) is 0 Å². The summed E-state index contributed by atoms with van der Waals surface area (Å²) in [5, 5.41) is 0. The zero-order valence-electron chi connectivity index (χ0n) is 18.5. The second-order valence-corrected chi connectivity index (χ2v) is 11.3. The van der Waals surface area contributed by atoms with Crippen LogP contribution in [0.2, 0.25) is 0 Å². The smallest absolute Gasteiger partial charge is 0.0329 e.